The Morgan fingerprint density at radius 3 is 2.37 bits per heavy atom. The van der Waals surface area contributed by atoms with E-state index < -0.39 is 10.1 Å². The van der Waals surface area contributed by atoms with Crippen molar-refractivity contribution in [3.63, 3.8) is 0 Å². The first-order valence-electron chi connectivity index (χ1n) is 5.15. The first-order chi connectivity index (χ1) is 8.79. The molecule has 0 unspecified atom stereocenters. The summed E-state index contributed by atoms with van der Waals surface area (Å²) < 4.78 is 31.8. The average Bonchev–Trinajstić information content (AvgIpc) is 2.30. The standard InChI is InChI=1S/C12H11N3O3S/c1-8-3-9(2)12(11(4-8)19(16,17)18)15-7-10(5-13)6-14/h3-4,7,15H,1-2H3,(H,16,17,18). The van der Waals surface area contributed by atoms with Gasteiger partial charge in [-0.2, -0.15) is 18.9 Å². The van der Waals surface area contributed by atoms with Gasteiger partial charge in [0.1, 0.15) is 22.6 Å². The van der Waals surface area contributed by atoms with E-state index in [1.807, 2.05) is 0 Å². The maximum Gasteiger partial charge on any atom is 0.296 e. The number of aryl methyl sites for hydroxylation is 2. The van der Waals surface area contributed by atoms with Gasteiger partial charge in [0, 0.05) is 6.20 Å². The van der Waals surface area contributed by atoms with Gasteiger partial charge in [-0.25, -0.2) is 0 Å². The maximum atomic E-state index is 11.3. The molecule has 0 aliphatic heterocycles. The molecular formula is C12H11N3O3S. The molecular weight excluding hydrogens is 266 g/mol. The molecule has 0 radical (unpaired) electrons. The molecule has 19 heavy (non-hydrogen) atoms. The SMILES string of the molecule is Cc1cc(C)c(NC=C(C#N)C#N)c(S(=O)(=O)O)c1. The Hall–Kier alpha value is -2.35. The van der Waals surface area contributed by atoms with Crippen LogP contribution in [0.4, 0.5) is 5.69 Å². The van der Waals surface area contributed by atoms with Crippen molar-refractivity contribution in [1.82, 2.24) is 0 Å². The lowest BCUT2D eigenvalue weighted by Gasteiger charge is -2.11. The van der Waals surface area contributed by atoms with Crippen LogP contribution in [0.25, 0.3) is 0 Å². The Bertz CT molecular complexity index is 706. The lowest BCUT2D eigenvalue weighted by molar-refractivity contribution is 0.483. The lowest BCUT2D eigenvalue weighted by atomic mass is 10.1. The van der Waals surface area contributed by atoms with E-state index in [0.29, 0.717) is 11.1 Å². The average molecular weight is 277 g/mol. The summed E-state index contributed by atoms with van der Waals surface area (Å²) >= 11 is 0. The number of nitrogens with one attached hydrogen (secondary N) is 1. The van der Waals surface area contributed by atoms with Gasteiger partial charge in [-0.3, -0.25) is 4.55 Å². The molecule has 1 rings (SSSR count). The van der Waals surface area contributed by atoms with Crippen LogP contribution in [0, 0.1) is 36.5 Å². The zero-order valence-electron chi connectivity index (χ0n) is 10.3. The van der Waals surface area contributed by atoms with Gasteiger partial charge in [-0.05, 0) is 31.0 Å². The Morgan fingerprint density at radius 1 is 1.32 bits per heavy atom. The molecule has 7 heteroatoms. The van der Waals surface area contributed by atoms with Crippen molar-refractivity contribution >= 4 is 15.8 Å². The van der Waals surface area contributed by atoms with E-state index in [4.69, 9.17) is 10.5 Å². The van der Waals surface area contributed by atoms with Crippen LogP contribution >= 0.6 is 0 Å². The van der Waals surface area contributed by atoms with Gasteiger partial charge in [-0.1, -0.05) is 6.07 Å². The van der Waals surface area contributed by atoms with Crippen molar-refractivity contribution in [2.75, 3.05) is 5.32 Å². The van der Waals surface area contributed by atoms with E-state index in [-0.39, 0.29) is 16.2 Å². The van der Waals surface area contributed by atoms with Crippen LogP contribution in [0.1, 0.15) is 11.1 Å². The quantitative estimate of drug-likeness (QED) is 0.644. The van der Waals surface area contributed by atoms with Crippen molar-refractivity contribution in [1.29, 1.82) is 10.5 Å². The monoisotopic (exact) mass is 277 g/mol. The third kappa shape index (κ3) is 3.55. The molecule has 1 aromatic carbocycles. The van der Waals surface area contributed by atoms with Gasteiger partial charge < -0.3 is 5.32 Å². The number of anilines is 1. The first kappa shape index (κ1) is 14.7. The lowest BCUT2D eigenvalue weighted by Crippen LogP contribution is -2.05. The van der Waals surface area contributed by atoms with E-state index in [2.05, 4.69) is 5.32 Å². The van der Waals surface area contributed by atoms with Gasteiger partial charge in [-0.15, -0.1) is 0 Å². The van der Waals surface area contributed by atoms with E-state index in [9.17, 15) is 13.0 Å². The number of rotatable bonds is 3. The molecule has 0 atom stereocenters. The topological polar surface area (TPSA) is 114 Å². The van der Waals surface area contributed by atoms with E-state index >= 15 is 0 Å². The molecule has 0 heterocycles. The number of hydrogen-bond donors (Lipinski definition) is 2. The number of benzene rings is 1. The van der Waals surface area contributed by atoms with E-state index in [1.54, 1.807) is 32.1 Å². The Morgan fingerprint density at radius 2 is 1.89 bits per heavy atom. The normalized spacial score (nSPS) is 10.2. The summed E-state index contributed by atoms with van der Waals surface area (Å²) in [5, 5.41) is 19.8. The molecule has 0 aromatic heterocycles. The number of nitriles is 2. The Labute approximate surface area is 111 Å². The maximum absolute atomic E-state index is 11.3. The predicted molar refractivity (Wildman–Crippen MR) is 68.7 cm³/mol. The van der Waals surface area contributed by atoms with Crippen LogP contribution < -0.4 is 5.32 Å². The zero-order chi connectivity index (χ0) is 14.6. The summed E-state index contributed by atoms with van der Waals surface area (Å²) in [7, 11) is -4.40. The van der Waals surface area contributed by atoms with Crippen LogP contribution in [0.3, 0.4) is 0 Å². The van der Waals surface area contributed by atoms with Crippen LogP contribution in [0.5, 0.6) is 0 Å². The van der Waals surface area contributed by atoms with Gasteiger partial charge in [0.25, 0.3) is 10.1 Å². The van der Waals surface area contributed by atoms with Crippen molar-refractivity contribution in [3.8, 4) is 12.1 Å². The minimum Gasteiger partial charge on any atom is -0.358 e. The predicted octanol–water partition coefficient (Wildman–Crippen LogP) is 1.89. The highest BCUT2D eigenvalue weighted by Gasteiger charge is 2.17. The first-order valence-corrected chi connectivity index (χ1v) is 6.59. The summed E-state index contributed by atoms with van der Waals surface area (Å²) in [6, 6.07) is 6.29. The second-order valence-electron chi connectivity index (χ2n) is 3.86. The fourth-order valence-electron chi connectivity index (χ4n) is 1.55. The molecule has 0 aliphatic carbocycles. The molecule has 6 nitrogen and oxygen atoms in total. The fourth-order valence-corrected chi connectivity index (χ4v) is 2.36. The van der Waals surface area contributed by atoms with Crippen molar-refractivity contribution in [2.45, 2.75) is 18.7 Å². The smallest absolute Gasteiger partial charge is 0.296 e. The second kappa shape index (κ2) is 5.53. The van der Waals surface area contributed by atoms with Gasteiger partial charge >= 0.3 is 0 Å². The minimum absolute atomic E-state index is 0.135. The second-order valence-corrected chi connectivity index (χ2v) is 5.25. The van der Waals surface area contributed by atoms with Gasteiger partial charge in [0.2, 0.25) is 0 Å². The molecule has 98 valence electrons. The molecule has 0 aliphatic rings. The number of nitrogens with zero attached hydrogens (tertiary/aromatic N) is 2. The zero-order valence-corrected chi connectivity index (χ0v) is 11.1. The van der Waals surface area contributed by atoms with E-state index in [0.717, 1.165) is 6.20 Å². The van der Waals surface area contributed by atoms with Gasteiger partial charge in [0.05, 0.1) is 5.69 Å². The molecule has 0 amide bonds. The van der Waals surface area contributed by atoms with E-state index in [1.165, 1.54) is 6.07 Å². The summed E-state index contributed by atoms with van der Waals surface area (Å²) in [4.78, 5) is -0.295. The third-order valence-corrected chi connectivity index (χ3v) is 3.20. The summed E-state index contributed by atoms with van der Waals surface area (Å²) in [6.07, 6.45) is 1.09. The Balaban J connectivity index is 3.41. The Kier molecular flexibility index (Phi) is 4.28. The highest BCUT2D eigenvalue weighted by atomic mass is 32.2. The molecule has 0 saturated carbocycles. The highest BCUT2D eigenvalue weighted by molar-refractivity contribution is 7.86. The number of hydrogen-bond acceptors (Lipinski definition) is 5. The van der Waals surface area contributed by atoms with Crippen molar-refractivity contribution < 1.29 is 13.0 Å². The van der Waals surface area contributed by atoms with Crippen molar-refractivity contribution in [2.24, 2.45) is 0 Å². The molecule has 1 aromatic rings. The minimum atomic E-state index is -4.40. The molecule has 0 fully saturated rings. The van der Waals surface area contributed by atoms with Crippen LogP contribution in [-0.2, 0) is 10.1 Å². The van der Waals surface area contributed by atoms with Crippen LogP contribution in [-0.4, -0.2) is 13.0 Å². The third-order valence-electron chi connectivity index (χ3n) is 2.32. The number of allylic oxidation sites excluding steroid dienone is 1. The van der Waals surface area contributed by atoms with Crippen molar-refractivity contribution in [3.05, 3.63) is 35.0 Å². The fraction of sp³-hybridized carbons (Fsp3) is 0.167. The largest absolute Gasteiger partial charge is 0.358 e. The summed E-state index contributed by atoms with van der Waals surface area (Å²) in [5.41, 5.74) is 1.16. The van der Waals surface area contributed by atoms with Crippen LogP contribution in [0.15, 0.2) is 28.8 Å². The highest BCUT2D eigenvalue weighted by Crippen LogP contribution is 2.27. The molecule has 0 spiro atoms. The van der Waals surface area contributed by atoms with Crippen LogP contribution in [0.2, 0.25) is 0 Å². The van der Waals surface area contributed by atoms with Gasteiger partial charge in [0.15, 0.2) is 0 Å². The molecule has 0 saturated heterocycles. The molecule has 0 bridgehead atoms. The summed E-state index contributed by atoms with van der Waals surface area (Å²) in [6.45, 7) is 3.34. The molecule has 2 N–H and O–H groups in total. The summed E-state index contributed by atoms with van der Waals surface area (Å²) in [5.74, 6) is 0.